The molecule has 3 rings (SSSR count). The summed E-state index contributed by atoms with van der Waals surface area (Å²) in [5.74, 6) is 0.876. The van der Waals surface area contributed by atoms with Gasteiger partial charge in [0.25, 0.3) is 0 Å². The first kappa shape index (κ1) is 17.8. The lowest BCUT2D eigenvalue weighted by Gasteiger charge is -2.10. The minimum atomic E-state index is -0.268. The number of ether oxygens (including phenoxy) is 2. The largest absolute Gasteiger partial charge is 0.493 e. The number of fused-ring (bicyclic) bond motifs is 1. The molecule has 136 valence electrons. The van der Waals surface area contributed by atoms with Gasteiger partial charge in [-0.1, -0.05) is 6.07 Å². The maximum absolute atomic E-state index is 13.4. The number of H-pyrrole nitrogens is 1. The van der Waals surface area contributed by atoms with Crippen molar-refractivity contribution in [1.82, 2.24) is 10.3 Å². The molecule has 0 atom stereocenters. The molecular weight excluding hydrogens is 335 g/mol. The van der Waals surface area contributed by atoms with E-state index in [2.05, 4.69) is 10.3 Å². The van der Waals surface area contributed by atoms with Crippen molar-refractivity contribution in [2.75, 3.05) is 20.8 Å². The van der Waals surface area contributed by atoms with Gasteiger partial charge < -0.3 is 19.8 Å². The Morgan fingerprint density at radius 2 is 1.92 bits per heavy atom. The van der Waals surface area contributed by atoms with Gasteiger partial charge in [0.2, 0.25) is 5.91 Å². The second-order valence-corrected chi connectivity index (χ2v) is 5.97. The molecule has 1 aromatic heterocycles. The number of benzene rings is 2. The van der Waals surface area contributed by atoms with Crippen molar-refractivity contribution >= 4 is 16.8 Å². The molecule has 5 nitrogen and oxygen atoms in total. The Hall–Kier alpha value is -3.02. The Morgan fingerprint density at radius 3 is 2.69 bits per heavy atom. The van der Waals surface area contributed by atoms with Gasteiger partial charge in [-0.15, -0.1) is 0 Å². The van der Waals surface area contributed by atoms with Crippen molar-refractivity contribution in [2.45, 2.75) is 12.8 Å². The Morgan fingerprint density at radius 1 is 1.12 bits per heavy atom. The molecule has 0 bridgehead atoms. The second kappa shape index (κ2) is 7.91. The molecule has 0 radical (unpaired) electrons. The highest BCUT2D eigenvalue weighted by Gasteiger charge is 2.09. The van der Waals surface area contributed by atoms with Crippen molar-refractivity contribution in [3.63, 3.8) is 0 Å². The molecule has 6 heteroatoms. The first-order valence-corrected chi connectivity index (χ1v) is 8.34. The molecule has 0 saturated heterocycles. The van der Waals surface area contributed by atoms with Gasteiger partial charge in [-0.3, -0.25) is 4.79 Å². The predicted octanol–water partition coefficient (Wildman–Crippen LogP) is 3.23. The van der Waals surface area contributed by atoms with Crippen LogP contribution in [0.5, 0.6) is 11.5 Å². The van der Waals surface area contributed by atoms with Crippen LogP contribution in [-0.2, 0) is 17.6 Å². The third-order valence-electron chi connectivity index (χ3n) is 4.26. The number of rotatable bonds is 7. The number of amides is 1. The van der Waals surface area contributed by atoms with E-state index in [-0.39, 0.29) is 18.1 Å². The molecule has 0 unspecified atom stereocenters. The summed E-state index contributed by atoms with van der Waals surface area (Å²) in [6.45, 7) is 0.482. The third-order valence-corrected chi connectivity index (χ3v) is 4.26. The van der Waals surface area contributed by atoms with Gasteiger partial charge in [-0.25, -0.2) is 4.39 Å². The van der Waals surface area contributed by atoms with Crippen LogP contribution in [-0.4, -0.2) is 31.7 Å². The summed E-state index contributed by atoms with van der Waals surface area (Å²) in [7, 11) is 3.13. The lowest BCUT2D eigenvalue weighted by Crippen LogP contribution is -2.27. The monoisotopic (exact) mass is 356 g/mol. The van der Waals surface area contributed by atoms with E-state index in [1.54, 1.807) is 32.4 Å². The van der Waals surface area contributed by atoms with Crippen LogP contribution < -0.4 is 14.8 Å². The zero-order valence-electron chi connectivity index (χ0n) is 14.8. The van der Waals surface area contributed by atoms with Crippen molar-refractivity contribution in [1.29, 1.82) is 0 Å². The van der Waals surface area contributed by atoms with Gasteiger partial charge in [0.05, 0.1) is 20.6 Å². The summed E-state index contributed by atoms with van der Waals surface area (Å²) in [5, 5.41) is 3.74. The normalized spacial score (nSPS) is 10.7. The maximum Gasteiger partial charge on any atom is 0.224 e. The van der Waals surface area contributed by atoms with Crippen LogP contribution >= 0.6 is 0 Å². The Kier molecular flexibility index (Phi) is 5.41. The summed E-state index contributed by atoms with van der Waals surface area (Å²) in [6, 6.07) is 10.1. The van der Waals surface area contributed by atoms with Gasteiger partial charge in [0, 0.05) is 23.6 Å². The van der Waals surface area contributed by atoms with Crippen LogP contribution in [0.15, 0.2) is 42.6 Å². The lowest BCUT2D eigenvalue weighted by molar-refractivity contribution is -0.120. The molecule has 1 amide bonds. The number of halogens is 1. The number of carbonyl (C=O) groups excluding carboxylic acids is 1. The second-order valence-electron chi connectivity index (χ2n) is 5.97. The molecule has 0 aliphatic heterocycles. The summed E-state index contributed by atoms with van der Waals surface area (Å²) in [5.41, 5.74) is 2.71. The van der Waals surface area contributed by atoms with Crippen LogP contribution in [0.1, 0.15) is 11.1 Å². The molecule has 26 heavy (non-hydrogen) atoms. The van der Waals surface area contributed by atoms with Crippen molar-refractivity contribution in [3.8, 4) is 11.5 Å². The average Bonchev–Trinajstić information content (AvgIpc) is 3.03. The summed E-state index contributed by atoms with van der Waals surface area (Å²) in [6.07, 6.45) is 2.73. The lowest BCUT2D eigenvalue weighted by atomic mass is 10.1. The minimum absolute atomic E-state index is 0.0803. The number of aromatic nitrogens is 1. The topological polar surface area (TPSA) is 63.3 Å². The van der Waals surface area contributed by atoms with Crippen LogP contribution in [0.2, 0.25) is 0 Å². The van der Waals surface area contributed by atoms with Gasteiger partial charge in [0.15, 0.2) is 11.5 Å². The third kappa shape index (κ3) is 3.96. The molecule has 0 fully saturated rings. The number of aromatic amines is 1. The zero-order chi connectivity index (χ0) is 18.5. The van der Waals surface area contributed by atoms with Crippen LogP contribution in [0.4, 0.5) is 4.39 Å². The zero-order valence-corrected chi connectivity index (χ0v) is 14.8. The molecule has 1 heterocycles. The maximum atomic E-state index is 13.4. The summed E-state index contributed by atoms with van der Waals surface area (Å²) < 4.78 is 23.8. The SMILES string of the molecule is COc1ccc(CC(=O)NCCc2c[nH]c3ccc(F)cc23)cc1OC. The molecule has 0 spiro atoms. The molecule has 3 aromatic rings. The van der Waals surface area contributed by atoms with E-state index in [1.807, 2.05) is 12.3 Å². The van der Waals surface area contributed by atoms with Gasteiger partial charge in [-0.05, 0) is 47.9 Å². The standard InChI is InChI=1S/C20H21FN2O3/c1-25-18-6-3-13(9-19(18)26-2)10-20(24)22-8-7-14-12-23-17-5-4-15(21)11-16(14)17/h3-6,9,11-12,23H,7-8,10H2,1-2H3,(H,22,24). The molecule has 0 aliphatic carbocycles. The highest BCUT2D eigenvalue weighted by molar-refractivity contribution is 5.83. The van der Waals surface area contributed by atoms with Crippen LogP contribution in [0, 0.1) is 5.82 Å². The minimum Gasteiger partial charge on any atom is -0.493 e. The Balaban J connectivity index is 1.56. The molecule has 2 aromatic carbocycles. The van der Waals surface area contributed by atoms with Crippen LogP contribution in [0.25, 0.3) is 10.9 Å². The molecule has 0 aliphatic rings. The quantitative estimate of drug-likeness (QED) is 0.683. The Labute approximate surface area is 151 Å². The smallest absolute Gasteiger partial charge is 0.224 e. The van der Waals surface area contributed by atoms with Crippen molar-refractivity contribution in [2.24, 2.45) is 0 Å². The molecule has 2 N–H and O–H groups in total. The van der Waals surface area contributed by atoms with E-state index >= 15 is 0 Å². The highest BCUT2D eigenvalue weighted by Crippen LogP contribution is 2.27. The fraction of sp³-hybridized carbons (Fsp3) is 0.250. The van der Waals surface area contributed by atoms with Gasteiger partial charge in [-0.2, -0.15) is 0 Å². The number of carbonyl (C=O) groups is 1. The molecule has 0 saturated carbocycles. The average molecular weight is 356 g/mol. The van der Waals surface area contributed by atoms with E-state index in [0.717, 1.165) is 22.0 Å². The highest BCUT2D eigenvalue weighted by atomic mass is 19.1. The van der Waals surface area contributed by atoms with Crippen molar-refractivity contribution < 1.29 is 18.7 Å². The van der Waals surface area contributed by atoms with Gasteiger partial charge in [0.1, 0.15) is 5.82 Å². The van der Waals surface area contributed by atoms with E-state index in [9.17, 15) is 9.18 Å². The fourth-order valence-corrected chi connectivity index (χ4v) is 2.93. The molecular formula is C20H21FN2O3. The van der Waals surface area contributed by atoms with Crippen LogP contribution in [0.3, 0.4) is 0 Å². The van der Waals surface area contributed by atoms with Crippen molar-refractivity contribution in [3.05, 3.63) is 59.5 Å². The summed E-state index contributed by atoms with van der Waals surface area (Å²) in [4.78, 5) is 15.3. The number of hydrogen-bond donors (Lipinski definition) is 2. The summed E-state index contributed by atoms with van der Waals surface area (Å²) >= 11 is 0. The number of nitrogens with one attached hydrogen (secondary N) is 2. The van der Waals surface area contributed by atoms with E-state index in [0.29, 0.717) is 24.5 Å². The van der Waals surface area contributed by atoms with Gasteiger partial charge >= 0.3 is 0 Å². The van der Waals surface area contributed by atoms with E-state index in [4.69, 9.17) is 9.47 Å². The fourth-order valence-electron chi connectivity index (χ4n) is 2.93. The van der Waals surface area contributed by atoms with E-state index < -0.39 is 0 Å². The Bertz CT molecular complexity index is 921. The van der Waals surface area contributed by atoms with E-state index in [1.165, 1.54) is 12.1 Å². The first-order chi connectivity index (χ1) is 12.6. The first-order valence-electron chi connectivity index (χ1n) is 8.34. The predicted molar refractivity (Wildman–Crippen MR) is 98.2 cm³/mol. The number of methoxy groups -OCH3 is 2. The number of hydrogen-bond acceptors (Lipinski definition) is 3.